The zero-order chi connectivity index (χ0) is 13.2. The van der Waals surface area contributed by atoms with Crippen molar-refractivity contribution in [1.29, 1.82) is 0 Å². The van der Waals surface area contributed by atoms with Crippen molar-refractivity contribution in [3.63, 3.8) is 0 Å². The summed E-state index contributed by atoms with van der Waals surface area (Å²) in [6.07, 6.45) is 1.57. The Hall–Kier alpha value is -0.870. The van der Waals surface area contributed by atoms with E-state index in [1.807, 2.05) is 19.1 Å². The number of benzene rings is 1. The van der Waals surface area contributed by atoms with Crippen molar-refractivity contribution >= 4 is 35.0 Å². The van der Waals surface area contributed by atoms with E-state index >= 15 is 0 Å². The van der Waals surface area contributed by atoms with E-state index in [9.17, 15) is 9.90 Å². The fourth-order valence-corrected chi connectivity index (χ4v) is 3.60. The number of carboxylic acids is 1. The van der Waals surface area contributed by atoms with Gasteiger partial charge in [0.25, 0.3) is 0 Å². The van der Waals surface area contributed by atoms with E-state index in [0.29, 0.717) is 11.4 Å². The highest BCUT2D eigenvalue weighted by atomic mass is 35.5. The van der Waals surface area contributed by atoms with Gasteiger partial charge in [0.05, 0.1) is 0 Å². The van der Waals surface area contributed by atoms with Crippen LogP contribution < -0.4 is 5.32 Å². The maximum absolute atomic E-state index is 11.7. The number of nitrogens with one attached hydrogen (secondary N) is 1. The third kappa shape index (κ3) is 2.59. The summed E-state index contributed by atoms with van der Waals surface area (Å²) in [5, 5.41) is 13.5. The number of hydrogen-bond donors (Lipinski definition) is 2. The molecular formula is C13H16ClNO2S. The lowest BCUT2D eigenvalue weighted by Gasteiger charge is -2.39. The van der Waals surface area contributed by atoms with E-state index in [2.05, 4.69) is 5.32 Å². The summed E-state index contributed by atoms with van der Waals surface area (Å²) in [5.41, 5.74) is -0.0762. The molecule has 2 atom stereocenters. The highest BCUT2D eigenvalue weighted by Gasteiger charge is 2.45. The predicted octanol–water partition coefficient (Wildman–Crippen LogP) is 3.49. The average Bonchev–Trinajstić information content (AvgIpc) is 2.35. The van der Waals surface area contributed by atoms with E-state index in [-0.39, 0.29) is 5.25 Å². The van der Waals surface area contributed by atoms with Gasteiger partial charge in [-0.1, -0.05) is 18.5 Å². The summed E-state index contributed by atoms with van der Waals surface area (Å²) in [5.74, 6) is 0.246. The third-order valence-electron chi connectivity index (χ3n) is 3.37. The van der Waals surface area contributed by atoms with Gasteiger partial charge in [-0.25, -0.2) is 4.79 Å². The zero-order valence-electron chi connectivity index (χ0n) is 10.1. The molecule has 1 heterocycles. The first-order chi connectivity index (χ1) is 8.54. The predicted molar refractivity (Wildman–Crippen MR) is 76.6 cm³/mol. The number of carbonyl (C=O) groups is 1. The van der Waals surface area contributed by atoms with Gasteiger partial charge in [0.1, 0.15) is 5.54 Å². The van der Waals surface area contributed by atoms with E-state index in [1.54, 1.807) is 23.9 Å². The molecule has 1 aromatic carbocycles. The molecule has 0 radical (unpaired) electrons. The molecule has 1 saturated heterocycles. The molecule has 18 heavy (non-hydrogen) atoms. The lowest BCUT2D eigenvalue weighted by molar-refractivity contribution is -0.142. The van der Waals surface area contributed by atoms with Crippen molar-refractivity contribution in [2.24, 2.45) is 0 Å². The Balaban J connectivity index is 2.25. The number of carboxylic acid groups (broad SMARTS) is 1. The maximum Gasteiger partial charge on any atom is 0.330 e. The van der Waals surface area contributed by atoms with Gasteiger partial charge in [0.15, 0.2) is 0 Å². The van der Waals surface area contributed by atoms with Gasteiger partial charge >= 0.3 is 5.97 Å². The zero-order valence-corrected chi connectivity index (χ0v) is 11.7. The van der Waals surface area contributed by atoms with Gasteiger partial charge in [0.2, 0.25) is 0 Å². The van der Waals surface area contributed by atoms with Gasteiger partial charge < -0.3 is 10.4 Å². The van der Waals surface area contributed by atoms with Crippen LogP contribution in [0.1, 0.15) is 19.8 Å². The molecule has 0 aliphatic carbocycles. The minimum Gasteiger partial charge on any atom is -0.479 e. The van der Waals surface area contributed by atoms with Gasteiger partial charge in [-0.15, -0.1) is 0 Å². The van der Waals surface area contributed by atoms with Crippen LogP contribution in [0.3, 0.4) is 0 Å². The summed E-state index contributed by atoms with van der Waals surface area (Å²) < 4.78 is 0. The first-order valence-corrected chi connectivity index (χ1v) is 7.36. The number of halogens is 1. The molecule has 2 rings (SSSR count). The second-order valence-corrected chi connectivity index (χ2v) is 6.41. The molecule has 1 aliphatic rings. The first kappa shape index (κ1) is 13.6. The smallest absolute Gasteiger partial charge is 0.330 e. The monoisotopic (exact) mass is 285 g/mol. The molecule has 0 bridgehead atoms. The molecule has 3 nitrogen and oxygen atoms in total. The number of anilines is 1. The van der Waals surface area contributed by atoms with Crippen LogP contribution in [0.5, 0.6) is 0 Å². The van der Waals surface area contributed by atoms with E-state index in [0.717, 1.165) is 17.9 Å². The highest BCUT2D eigenvalue weighted by molar-refractivity contribution is 8.00. The molecule has 98 valence electrons. The molecular weight excluding hydrogens is 270 g/mol. The van der Waals surface area contributed by atoms with Crippen LogP contribution >= 0.6 is 23.4 Å². The molecule has 0 aromatic heterocycles. The quantitative estimate of drug-likeness (QED) is 0.892. The standard InChI is InChI=1S/C13H16ClNO2S/c1-9-13(12(16)17,7-2-8-18-9)15-11-5-3-10(14)4-6-11/h3-6,9,15H,2,7-8H2,1H3,(H,16,17). The molecule has 2 N–H and O–H groups in total. The topological polar surface area (TPSA) is 49.3 Å². The van der Waals surface area contributed by atoms with Gasteiger partial charge in [0, 0.05) is 16.0 Å². The summed E-state index contributed by atoms with van der Waals surface area (Å²) in [4.78, 5) is 11.7. The number of aliphatic carboxylic acids is 1. The fraction of sp³-hybridized carbons (Fsp3) is 0.462. The average molecular weight is 286 g/mol. The Labute approximate surface area is 116 Å². The number of hydrogen-bond acceptors (Lipinski definition) is 3. The molecule has 5 heteroatoms. The van der Waals surface area contributed by atoms with E-state index in [1.165, 1.54) is 0 Å². The molecule has 1 aromatic rings. The Kier molecular flexibility index (Phi) is 4.07. The van der Waals surface area contributed by atoms with Crippen LogP contribution in [0.4, 0.5) is 5.69 Å². The van der Waals surface area contributed by atoms with Crippen molar-refractivity contribution in [1.82, 2.24) is 0 Å². The summed E-state index contributed by atoms with van der Waals surface area (Å²) >= 11 is 7.54. The van der Waals surface area contributed by atoms with E-state index < -0.39 is 11.5 Å². The molecule has 1 aliphatic heterocycles. The van der Waals surface area contributed by atoms with E-state index in [4.69, 9.17) is 11.6 Å². The summed E-state index contributed by atoms with van der Waals surface area (Å²) in [7, 11) is 0. The second-order valence-electron chi connectivity index (χ2n) is 4.52. The van der Waals surface area contributed by atoms with Crippen molar-refractivity contribution in [2.75, 3.05) is 11.1 Å². The van der Waals surface area contributed by atoms with Crippen LogP contribution in [0, 0.1) is 0 Å². The van der Waals surface area contributed by atoms with Crippen molar-refractivity contribution < 1.29 is 9.90 Å². The van der Waals surface area contributed by atoms with Gasteiger partial charge in [-0.2, -0.15) is 11.8 Å². The minimum atomic E-state index is -0.878. The lowest BCUT2D eigenvalue weighted by Crippen LogP contribution is -2.55. The second kappa shape index (κ2) is 5.41. The first-order valence-electron chi connectivity index (χ1n) is 5.93. The summed E-state index contributed by atoms with van der Waals surface area (Å²) in [6, 6.07) is 7.16. The largest absolute Gasteiger partial charge is 0.479 e. The van der Waals surface area contributed by atoms with Gasteiger partial charge in [-0.3, -0.25) is 0 Å². The highest BCUT2D eigenvalue weighted by Crippen LogP contribution is 2.37. The lowest BCUT2D eigenvalue weighted by atomic mass is 9.89. The van der Waals surface area contributed by atoms with Crippen LogP contribution in [-0.4, -0.2) is 27.6 Å². The Morgan fingerprint density at radius 2 is 2.17 bits per heavy atom. The maximum atomic E-state index is 11.7. The van der Waals surface area contributed by atoms with Crippen LogP contribution in [0.2, 0.25) is 5.02 Å². The molecule has 2 unspecified atom stereocenters. The van der Waals surface area contributed by atoms with Gasteiger partial charge in [-0.05, 0) is 42.9 Å². The van der Waals surface area contributed by atoms with Crippen LogP contribution in [-0.2, 0) is 4.79 Å². The Morgan fingerprint density at radius 1 is 1.50 bits per heavy atom. The normalized spacial score (nSPS) is 27.8. The van der Waals surface area contributed by atoms with Crippen molar-refractivity contribution in [2.45, 2.75) is 30.6 Å². The number of rotatable bonds is 3. The molecule has 1 fully saturated rings. The third-order valence-corrected chi connectivity index (χ3v) is 5.05. The van der Waals surface area contributed by atoms with Crippen LogP contribution in [0.25, 0.3) is 0 Å². The van der Waals surface area contributed by atoms with Crippen LogP contribution in [0.15, 0.2) is 24.3 Å². The number of thioether (sulfide) groups is 1. The SMILES string of the molecule is CC1SCCCC1(Nc1ccc(Cl)cc1)C(=O)O. The summed E-state index contributed by atoms with van der Waals surface area (Å²) in [6.45, 7) is 1.97. The molecule has 0 saturated carbocycles. The minimum absolute atomic E-state index is 0.0411. The Morgan fingerprint density at radius 3 is 2.72 bits per heavy atom. The van der Waals surface area contributed by atoms with Crippen molar-refractivity contribution in [3.8, 4) is 0 Å². The molecule has 0 spiro atoms. The fourth-order valence-electron chi connectivity index (χ4n) is 2.25. The van der Waals surface area contributed by atoms with Crippen molar-refractivity contribution in [3.05, 3.63) is 29.3 Å². The Bertz CT molecular complexity index is 437. The molecule has 0 amide bonds.